The van der Waals surface area contributed by atoms with Gasteiger partial charge in [-0.3, -0.25) is 5.32 Å². The molecule has 2 rings (SSSR count). The minimum absolute atomic E-state index is 0.269. The summed E-state index contributed by atoms with van der Waals surface area (Å²) in [6, 6.07) is 1.93. The third-order valence-electron chi connectivity index (χ3n) is 1.74. The quantitative estimate of drug-likeness (QED) is 0.755. The first-order chi connectivity index (χ1) is 6.81. The molecule has 2 heterocycles. The summed E-state index contributed by atoms with van der Waals surface area (Å²) in [6.07, 6.45) is 1.01. The predicted molar refractivity (Wildman–Crippen MR) is 59.4 cm³/mol. The van der Waals surface area contributed by atoms with Gasteiger partial charge in [-0.25, -0.2) is 4.98 Å². The van der Waals surface area contributed by atoms with Gasteiger partial charge in [-0.15, -0.1) is 11.3 Å². The van der Waals surface area contributed by atoms with E-state index in [1.807, 2.05) is 11.4 Å². The van der Waals surface area contributed by atoms with Crippen molar-refractivity contribution in [1.82, 2.24) is 15.3 Å². The molecule has 0 amide bonds. The average Bonchev–Trinajstić information content (AvgIpc) is 2.61. The summed E-state index contributed by atoms with van der Waals surface area (Å²) in [4.78, 5) is 8.22. The number of halogens is 1. The zero-order valence-electron chi connectivity index (χ0n) is 7.70. The largest absolute Gasteiger partial charge is 0.265 e. The average molecular weight is 227 g/mol. The number of fused-ring (bicyclic) bond motifs is 1. The van der Waals surface area contributed by atoms with E-state index in [1.165, 1.54) is 0 Å². The monoisotopic (exact) mass is 226 g/mol. The van der Waals surface area contributed by atoms with Crippen molar-refractivity contribution >= 4 is 39.0 Å². The number of aromatic nitrogens is 2. The first-order valence-electron chi connectivity index (χ1n) is 4.39. The summed E-state index contributed by atoms with van der Waals surface area (Å²) in [5.74, 6) is 0.719. The zero-order chi connectivity index (χ0) is 9.97. The topological polar surface area (TPSA) is 39.9 Å². The summed E-state index contributed by atoms with van der Waals surface area (Å²) in [6.45, 7) is 2.86. The molecule has 0 aromatic carbocycles. The van der Waals surface area contributed by atoms with E-state index < -0.39 is 0 Å². The predicted octanol–water partition coefficient (Wildman–Crippen LogP) is 2.99. The maximum absolute atomic E-state index is 5.78. The van der Waals surface area contributed by atoms with Crippen LogP contribution >= 0.6 is 22.9 Å². The van der Waals surface area contributed by atoms with Gasteiger partial charge >= 0.3 is 0 Å². The standard InChI is InChI=1S/C9H9ClN3S/c1-2-4-11-8-7-6(3-5-14-7)12-9(10)13-8/h3,5H,2,4H2,1H3. The molecule has 73 valence electrons. The van der Waals surface area contributed by atoms with Crippen molar-refractivity contribution in [2.75, 3.05) is 6.54 Å². The van der Waals surface area contributed by atoms with Crippen LogP contribution in [0, 0.1) is 0 Å². The van der Waals surface area contributed by atoms with Gasteiger partial charge in [0, 0.05) is 6.54 Å². The van der Waals surface area contributed by atoms with Crippen molar-refractivity contribution in [2.24, 2.45) is 0 Å². The van der Waals surface area contributed by atoms with Gasteiger partial charge in [0.1, 0.15) is 0 Å². The van der Waals surface area contributed by atoms with Crippen LogP contribution in [0.5, 0.6) is 0 Å². The molecular formula is C9H9ClN3S. The Morgan fingerprint density at radius 3 is 3.14 bits per heavy atom. The van der Waals surface area contributed by atoms with E-state index in [-0.39, 0.29) is 5.28 Å². The number of nitrogens with zero attached hydrogens (tertiary/aromatic N) is 3. The van der Waals surface area contributed by atoms with Crippen LogP contribution < -0.4 is 5.32 Å². The van der Waals surface area contributed by atoms with Crippen LogP contribution in [0.15, 0.2) is 11.4 Å². The Balaban J connectivity index is 2.44. The highest BCUT2D eigenvalue weighted by Crippen LogP contribution is 2.27. The van der Waals surface area contributed by atoms with E-state index in [4.69, 9.17) is 11.6 Å². The summed E-state index contributed by atoms with van der Waals surface area (Å²) >= 11 is 7.38. The maximum atomic E-state index is 5.78. The van der Waals surface area contributed by atoms with E-state index >= 15 is 0 Å². The van der Waals surface area contributed by atoms with Crippen molar-refractivity contribution in [3.8, 4) is 0 Å². The SMILES string of the molecule is CCC[N]c1nc(Cl)nc2ccsc12. The smallest absolute Gasteiger partial charge is 0.225 e. The van der Waals surface area contributed by atoms with E-state index in [0.717, 1.165) is 29.0 Å². The number of hydrogen-bond acceptors (Lipinski definition) is 3. The fraction of sp³-hybridized carbons (Fsp3) is 0.333. The van der Waals surface area contributed by atoms with Crippen molar-refractivity contribution in [1.29, 1.82) is 0 Å². The Labute approximate surface area is 91.1 Å². The van der Waals surface area contributed by atoms with Crippen LogP contribution in [-0.4, -0.2) is 16.5 Å². The van der Waals surface area contributed by atoms with Gasteiger partial charge in [0.25, 0.3) is 0 Å². The van der Waals surface area contributed by atoms with Gasteiger partial charge in [0.2, 0.25) is 5.28 Å². The minimum Gasteiger partial charge on any atom is -0.265 e. The second-order valence-electron chi connectivity index (χ2n) is 2.83. The molecule has 3 nitrogen and oxygen atoms in total. The highest BCUT2D eigenvalue weighted by atomic mass is 35.5. The van der Waals surface area contributed by atoms with Gasteiger partial charge in [0.05, 0.1) is 10.2 Å². The lowest BCUT2D eigenvalue weighted by molar-refractivity contribution is 0.792. The Kier molecular flexibility index (Phi) is 2.84. The Bertz CT molecular complexity index is 441. The molecule has 0 aliphatic rings. The Morgan fingerprint density at radius 2 is 2.36 bits per heavy atom. The van der Waals surface area contributed by atoms with Crippen molar-refractivity contribution in [3.05, 3.63) is 16.7 Å². The molecule has 0 atom stereocenters. The van der Waals surface area contributed by atoms with Crippen LogP contribution in [0.4, 0.5) is 5.82 Å². The molecular weight excluding hydrogens is 218 g/mol. The molecule has 0 saturated carbocycles. The third-order valence-corrected chi connectivity index (χ3v) is 2.81. The summed E-state index contributed by atoms with van der Waals surface area (Å²) < 4.78 is 1.02. The molecule has 0 spiro atoms. The highest BCUT2D eigenvalue weighted by molar-refractivity contribution is 7.17. The molecule has 2 aromatic heterocycles. The third kappa shape index (κ3) is 1.81. The van der Waals surface area contributed by atoms with E-state index in [2.05, 4.69) is 22.2 Å². The first kappa shape index (κ1) is 9.68. The molecule has 0 aliphatic heterocycles. The molecule has 14 heavy (non-hydrogen) atoms. The summed E-state index contributed by atoms with van der Waals surface area (Å²) in [7, 11) is 0. The zero-order valence-corrected chi connectivity index (χ0v) is 9.27. The molecule has 2 aromatic rings. The number of rotatable bonds is 3. The minimum atomic E-state index is 0.269. The van der Waals surface area contributed by atoms with Gasteiger partial charge in [-0.2, -0.15) is 4.98 Å². The fourth-order valence-electron chi connectivity index (χ4n) is 1.15. The van der Waals surface area contributed by atoms with Gasteiger partial charge in [0.15, 0.2) is 5.82 Å². The Morgan fingerprint density at radius 1 is 1.50 bits per heavy atom. The van der Waals surface area contributed by atoms with Gasteiger partial charge < -0.3 is 0 Å². The molecule has 0 N–H and O–H groups in total. The van der Waals surface area contributed by atoms with Crippen LogP contribution in [-0.2, 0) is 0 Å². The lowest BCUT2D eigenvalue weighted by Gasteiger charge is -2.01. The normalized spacial score (nSPS) is 10.7. The molecule has 0 unspecified atom stereocenters. The van der Waals surface area contributed by atoms with Crippen LogP contribution in [0.25, 0.3) is 10.2 Å². The fourth-order valence-corrected chi connectivity index (χ4v) is 2.10. The molecule has 0 aliphatic carbocycles. The van der Waals surface area contributed by atoms with E-state index in [0.29, 0.717) is 0 Å². The first-order valence-corrected chi connectivity index (χ1v) is 5.65. The maximum Gasteiger partial charge on any atom is 0.225 e. The number of thiophene rings is 1. The van der Waals surface area contributed by atoms with E-state index in [1.54, 1.807) is 11.3 Å². The van der Waals surface area contributed by atoms with Crippen LogP contribution in [0.1, 0.15) is 13.3 Å². The molecule has 0 fully saturated rings. The highest BCUT2D eigenvalue weighted by Gasteiger charge is 2.07. The molecule has 0 bridgehead atoms. The van der Waals surface area contributed by atoms with Crippen molar-refractivity contribution in [2.45, 2.75) is 13.3 Å². The number of hydrogen-bond donors (Lipinski definition) is 0. The van der Waals surface area contributed by atoms with Crippen LogP contribution in [0.2, 0.25) is 5.28 Å². The lowest BCUT2D eigenvalue weighted by Crippen LogP contribution is -2.01. The van der Waals surface area contributed by atoms with Gasteiger partial charge in [-0.05, 0) is 29.5 Å². The van der Waals surface area contributed by atoms with Crippen molar-refractivity contribution < 1.29 is 0 Å². The van der Waals surface area contributed by atoms with Crippen LogP contribution in [0.3, 0.4) is 0 Å². The van der Waals surface area contributed by atoms with Crippen molar-refractivity contribution in [3.63, 3.8) is 0 Å². The molecule has 5 heteroatoms. The second-order valence-corrected chi connectivity index (χ2v) is 4.09. The van der Waals surface area contributed by atoms with E-state index in [9.17, 15) is 0 Å². The molecule has 1 radical (unpaired) electrons. The Hall–Kier alpha value is -0.870. The molecule has 0 saturated heterocycles. The summed E-state index contributed by atoms with van der Waals surface area (Å²) in [5.41, 5.74) is 0.879. The second kappa shape index (κ2) is 4.11. The summed E-state index contributed by atoms with van der Waals surface area (Å²) in [5, 5.41) is 6.60. The lowest BCUT2D eigenvalue weighted by atomic mass is 10.4. The van der Waals surface area contributed by atoms with Gasteiger partial charge in [-0.1, -0.05) is 6.92 Å².